The van der Waals surface area contributed by atoms with Crippen LogP contribution in [0.2, 0.25) is 0 Å². The maximum absolute atomic E-state index is 10.9. The van der Waals surface area contributed by atoms with Gasteiger partial charge in [-0.3, -0.25) is 12.5 Å². The summed E-state index contributed by atoms with van der Waals surface area (Å²) in [6.45, 7) is 2.49. The molecule has 0 aromatic heterocycles. The van der Waals surface area contributed by atoms with Gasteiger partial charge in [-0.2, -0.15) is 16.8 Å². The van der Waals surface area contributed by atoms with Crippen molar-refractivity contribution in [3.8, 4) is 0 Å². The van der Waals surface area contributed by atoms with E-state index in [1.54, 1.807) is 0 Å². The van der Waals surface area contributed by atoms with Crippen LogP contribution in [0, 0.1) is 0 Å². The second-order valence-corrected chi connectivity index (χ2v) is 9.60. The maximum atomic E-state index is 10.9. The summed E-state index contributed by atoms with van der Waals surface area (Å²) in [5.41, 5.74) is 0. The predicted octanol–water partition coefficient (Wildman–Crippen LogP) is 4.90. The smallest absolute Gasteiger partial charge is 0.252 e. The molecule has 0 aromatic rings. The molecule has 0 rings (SSSR count). The van der Waals surface area contributed by atoms with E-state index in [-0.39, 0.29) is 6.61 Å². The lowest BCUT2D eigenvalue weighted by molar-refractivity contribution is 0.238. The molecule has 0 aliphatic carbocycles. The summed E-state index contributed by atoms with van der Waals surface area (Å²) >= 11 is 0. The first kappa shape index (κ1) is 30.9. The molecule has 29 heavy (non-hydrogen) atoms. The van der Waals surface area contributed by atoms with Gasteiger partial charge in [0.05, 0.1) is 27.9 Å². The van der Waals surface area contributed by atoms with E-state index in [2.05, 4.69) is 23.7 Å². The molecule has 8 nitrogen and oxygen atoms in total. The van der Waals surface area contributed by atoms with Gasteiger partial charge in [0.15, 0.2) is 0 Å². The van der Waals surface area contributed by atoms with Gasteiger partial charge in [0.2, 0.25) is 0 Å². The molecule has 10 heteroatoms. The molecule has 0 unspecified atom stereocenters. The number of hydrogen-bond donors (Lipinski definition) is 0. The molecule has 0 saturated carbocycles. The summed E-state index contributed by atoms with van der Waals surface area (Å²) in [4.78, 5) is 0. The molecule has 0 N–H and O–H groups in total. The van der Waals surface area contributed by atoms with Crippen molar-refractivity contribution < 1.29 is 33.6 Å². The van der Waals surface area contributed by atoms with Crippen LogP contribution < -0.4 is 0 Å². The van der Waals surface area contributed by atoms with E-state index < -0.39 is 20.8 Å². The van der Waals surface area contributed by atoms with E-state index in [1.807, 2.05) is 0 Å². The molecule has 0 aromatic carbocycles. The van der Waals surface area contributed by atoms with Gasteiger partial charge in [-0.15, -0.1) is 0 Å². The lowest BCUT2D eigenvalue weighted by Crippen LogP contribution is -2.08. The topological polar surface area (TPSA) is 105 Å². The highest BCUT2D eigenvalue weighted by Gasteiger charge is 2.07. The van der Waals surface area contributed by atoms with Crippen LogP contribution in [0.1, 0.15) is 96.8 Å². The van der Waals surface area contributed by atoms with Crippen LogP contribution in [0.25, 0.3) is 0 Å². The third-order valence-corrected chi connectivity index (χ3v) is 6.02. The molecule has 0 radical (unpaired) electrons. The zero-order valence-corrected chi connectivity index (χ0v) is 20.3. The van der Waals surface area contributed by atoms with Gasteiger partial charge in [-0.05, 0) is 6.42 Å². The Morgan fingerprint density at radius 3 is 1.07 bits per heavy atom. The molecule has 0 aliphatic rings. The van der Waals surface area contributed by atoms with E-state index in [0.717, 1.165) is 40.6 Å². The third kappa shape index (κ3) is 25.7. The van der Waals surface area contributed by atoms with E-state index >= 15 is 0 Å². The van der Waals surface area contributed by atoms with E-state index in [4.69, 9.17) is 0 Å². The van der Waals surface area contributed by atoms with Gasteiger partial charge in [-0.25, -0.2) is 4.18 Å². The first-order valence-corrected chi connectivity index (χ1v) is 13.2. The van der Waals surface area contributed by atoms with Crippen molar-refractivity contribution in [1.29, 1.82) is 0 Å². The summed E-state index contributed by atoms with van der Waals surface area (Å²) in [5.74, 6) is 0. The van der Waals surface area contributed by atoms with Crippen LogP contribution in [0.3, 0.4) is 0 Å². The van der Waals surface area contributed by atoms with Crippen molar-refractivity contribution in [2.24, 2.45) is 0 Å². The van der Waals surface area contributed by atoms with Gasteiger partial charge in [-0.1, -0.05) is 90.4 Å². The van der Waals surface area contributed by atoms with E-state index in [0.29, 0.717) is 0 Å². The minimum atomic E-state index is -3.74. The van der Waals surface area contributed by atoms with Crippen molar-refractivity contribution in [3.63, 3.8) is 0 Å². The Labute approximate surface area is 179 Å². The molecule has 0 fully saturated rings. The van der Waals surface area contributed by atoms with Crippen molar-refractivity contribution in [2.75, 3.05) is 27.9 Å². The third-order valence-electron chi connectivity index (χ3n) is 4.34. The highest BCUT2D eigenvalue weighted by Crippen LogP contribution is 2.13. The van der Waals surface area contributed by atoms with Crippen molar-refractivity contribution >= 4 is 20.8 Å². The fourth-order valence-corrected chi connectivity index (χ4v) is 3.13. The Bertz CT molecular complexity index is 522. The maximum Gasteiger partial charge on any atom is 0.399 e. The summed E-state index contributed by atoms with van der Waals surface area (Å²) in [7, 11) is -4.23. The fourth-order valence-electron chi connectivity index (χ4n) is 2.57. The Hall–Kier alpha value is -0.260. The molecule has 178 valence electrons. The molecular formula is C19H42O8S2. The lowest BCUT2D eigenvalue weighted by atomic mass is 10.0. The molecule has 0 heterocycles. The van der Waals surface area contributed by atoms with Crippen LogP contribution >= 0.6 is 0 Å². The normalized spacial score (nSPS) is 11.9. The van der Waals surface area contributed by atoms with Crippen molar-refractivity contribution in [2.45, 2.75) is 96.8 Å². The number of unbranched alkanes of at least 4 members (excludes halogenated alkanes) is 13. The highest BCUT2D eigenvalue weighted by molar-refractivity contribution is 7.82. The standard InChI is InChI=1S/C17H36O4S.C2H6O4S/c1-3-4-5-6-7-8-9-10-11-12-13-14-15-16-17-21-22(18,19)20-2;1-5-7(3,4)6-2/h3-17H2,1-2H3;1-2H3. The first-order valence-electron chi connectivity index (χ1n) is 10.6. The zero-order valence-electron chi connectivity index (χ0n) is 18.7. The fraction of sp³-hybridized carbons (Fsp3) is 1.00. The van der Waals surface area contributed by atoms with Crippen molar-refractivity contribution in [3.05, 3.63) is 0 Å². The Kier molecular flexibility index (Phi) is 22.4. The molecule has 0 bridgehead atoms. The minimum Gasteiger partial charge on any atom is -0.252 e. The average molecular weight is 463 g/mol. The molecular weight excluding hydrogens is 420 g/mol. The predicted molar refractivity (Wildman–Crippen MR) is 115 cm³/mol. The molecule has 0 spiro atoms. The van der Waals surface area contributed by atoms with E-state index in [9.17, 15) is 16.8 Å². The summed E-state index contributed by atoms with van der Waals surface area (Å²) < 4.78 is 58.1. The zero-order chi connectivity index (χ0) is 22.4. The van der Waals surface area contributed by atoms with Gasteiger partial charge < -0.3 is 0 Å². The van der Waals surface area contributed by atoms with Gasteiger partial charge in [0.25, 0.3) is 0 Å². The van der Waals surface area contributed by atoms with Gasteiger partial charge >= 0.3 is 20.8 Å². The monoisotopic (exact) mass is 462 g/mol. The van der Waals surface area contributed by atoms with Gasteiger partial charge in [0, 0.05) is 0 Å². The van der Waals surface area contributed by atoms with Gasteiger partial charge in [0.1, 0.15) is 0 Å². The Morgan fingerprint density at radius 1 is 0.483 bits per heavy atom. The average Bonchev–Trinajstić information content (AvgIpc) is 2.71. The largest absolute Gasteiger partial charge is 0.399 e. The summed E-state index contributed by atoms with van der Waals surface area (Å²) in [5, 5.41) is 0. The molecule has 0 aliphatic heterocycles. The van der Waals surface area contributed by atoms with Crippen LogP contribution in [-0.2, 0) is 37.5 Å². The molecule has 0 saturated heterocycles. The second-order valence-electron chi connectivity index (χ2n) is 6.73. The number of rotatable bonds is 19. The summed E-state index contributed by atoms with van der Waals surface area (Å²) in [6, 6.07) is 0. The quantitative estimate of drug-likeness (QED) is 0.250. The Morgan fingerprint density at radius 2 is 0.793 bits per heavy atom. The molecule has 0 amide bonds. The summed E-state index contributed by atoms with van der Waals surface area (Å²) in [6.07, 6.45) is 17.9. The van der Waals surface area contributed by atoms with Crippen molar-refractivity contribution in [1.82, 2.24) is 0 Å². The first-order chi connectivity index (χ1) is 13.7. The highest BCUT2D eigenvalue weighted by atomic mass is 32.3. The minimum absolute atomic E-state index is 0.230. The lowest BCUT2D eigenvalue weighted by Gasteiger charge is -2.04. The second kappa shape index (κ2) is 21.0. The van der Waals surface area contributed by atoms with Crippen LogP contribution in [-0.4, -0.2) is 44.8 Å². The molecule has 0 atom stereocenters. The van der Waals surface area contributed by atoms with Crippen LogP contribution in [0.5, 0.6) is 0 Å². The van der Waals surface area contributed by atoms with Crippen LogP contribution in [0.4, 0.5) is 0 Å². The number of hydrogen-bond acceptors (Lipinski definition) is 8. The Balaban J connectivity index is 0. The van der Waals surface area contributed by atoms with Crippen LogP contribution in [0.15, 0.2) is 0 Å². The SMILES string of the molecule is CCCCCCCCCCCCCCCCOS(=O)(=O)OC.COS(=O)(=O)OC. The van der Waals surface area contributed by atoms with E-state index in [1.165, 1.54) is 70.6 Å².